The topological polar surface area (TPSA) is 40.5 Å². The summed E-state index contributed by atoms with van der Waals surface area (Å²) in [5, 5.41) is 8.73. The molecule has 16 heavy (non-hydrogen) atoms. The van der Waals surface area contributed by atoms with E-state index in [0.717, 1.165) is 18.5 Å². The molecule has 0 saturated carbocycles. The summed E-state index contributed by atoms with van der Waals surface area (Å²) in [7, 11) is 3.38. The standard InChI is InChI=1S/C7H5F3O.C3H7NO/c8-7(9,10)5-3-1-2-4-6(5)11;1-4(2)3-5/h1-4,11H;3H,1-2H3. The molecule has 0 radical (unpaired) electrons. The van der Waals surface area contributed by atoms with Crippen LogP contribution in [0.4, 0.5) is 13.2 Å². The van der Waals surface area contributed by atoms with E-state index in [2.05, 4.69) is 0 Å². The van der Waals surface area contributed by atoms with E-state index < -0.39 is 17.5 Å². The molecule has 0 unspecified atom stereocenters. The van der Waals surface area contributed by atoms with E-state index >= 15 is 0 Å². The van der Waals surface area contributed by atoms with Crippen molar-refractivity contribution in [1.29, 1.82) is 0 Å². The second-order valence-corrected chi connectivity index (χ2v) is 3.08. The number of rotatable bonds is 1. The van der Waals surface area contributed by atoms with Crippen molar-refractivity contribution in [2.45, 2.75) is 6.18 Å². The van der Waals surface area contributed by atoms with Crippen molar-refractivity contribution in [3.05, 3.63) is 29.8 Å². The predicted molar refractivity (Wildman–Crippen MR) is 52.9 cm³/mol. The van der Waals surface area contributed by atoms with Gasteiger partial charge in [-0.15, -0.1) is 0 Å². The number of carbonyl (C=O) groups is 1. The van der Waals surface area contributed by atoms with Crippen LogP contribution in [0.3, 0.4) is 0 Å². The van der Waals surface area contributed by atoms with E-state index in [1.807, 2.05) is 0 Å². The number of phenols is 1. The SMILES string of the molecule is CN(C)C=O.Oc1ccccc1C(F)(F)F. The molecule has 0 aromatic heterocycles. The molecule has 0 heterocycles. The van der Waals surface area contributed by atoms with Gasteiger partial charge in [-0.1, -0.05) is 12.1 Å². The van der Waals surface area contributed by atoms with E-state index in [4.69, 9.17) is 5.11 Å². The Bertz CT molecular complexity index is 337. The van der Waals surface area contributed by atoms with Crippen molar-refractivity contribution in [2.75, 3.05) is 14.1 Å². The molecular weight excluding hydrogens is 223 g/mol. The zero-order chi connectivity index (χ0) is 12.8. The number of hydrogen-bond acceptors (Lipinski definition) is 2. The van der Waals surface area contributed by atoms with Crippen LogP contribution < -0.4 is 0 Å². The number of carbonyl (C=O) groups excluding carboxylic acids is 1. The highest BCUT2D eigenvalue weighted by atomic mass is 19.4. The Labute approximate surface area is 91.1 Å². The molecule has 0 aliphatic rings. The Morgan fingerprint density at radius 2 is 1.69 bits per heavy atom. The molecule has 1 amide bonds. The zero-order valence-corrected chi connectivity index (χ0v) is 8.82. The number of phenolic OH excluding ortho intramolecular Hbond substituents is 1. The molecule has 0 saturated heterocycles. The molecule has 0 aliphatic carbocycles. The molecule has 1 rings (SSSR count). The van der Waals surface area contributed by atoms with Gasteiger partial charge in [0.15, 0.2) is 0 Å². The van der Waals surface area contributed by atoms with Crippen LogP contribution >= 0.6 is 0 Å². The number of amides is 1. The number of aromatic hydroxyl groups is 1. The summed E-state index contributed by atoms with van der Waals surface area (Å²) in [5.74, 6) is -0.736. The first-order valence-electron chi connectivity index (χ1n) is 4.26. The molecular formula is C10H12F3NO2. The summed E-state index contributed by atoms with van der Waals surface area (Å²) in [4.78, 5) is 10.9. The maximum atomic E-state index is 11.9. The van der Waals surface area contributed by atoms with Crippen molar-refractivity contribution in [2.24, 2.45) is 0 Å². The van der Waals surface area contributed by atoms with E-state index in [1.165, 1.54) is 17.0 Å². The minimum atomic E-state index is -4.47. The van der Waals surface area contributed by atoms with E-state index in [0.29, 0.717) is 0 Å². The summed E-state index contributed by atoms with van der Waals surface area (Å²) < 4.78 is 35.7. The molecule has 1 aromatic carbocycles. The lowest BCUT2D eigenvalue weighted by atomic mass is 10.2. The quantitative estimate of drug-likeness (QED) is 0.757. The summed E-state index contributed by atoms with van der Waals surface area (Å²) in [6.07, 6.45) is -3.72. The highest BCUT2D eigenvalue weighted by molar-refractivity contribution is 5.45. The molecule has 0 atom stereocenters. The van der Waals surface area contributed by atoms with E-state index in [-0.39, 0.29) is 0 Å². The highest BCUT2D eigenvalue weighted by Crippen LogP contribution is 2.34. The fourth-order valence-corrected chi connectivity index (χ4v) is 0.713. The molecule has 0 bridgehead atoms. The van der Waals surface area contributed by atoms with Gasteiger partial charge in [-0.05, 0) is 12.1 Å². The van der Waals surface area contributed by atoms with Crippen LogP contribution in [0.1, 0.15) is 5.56 Å². The minimum Gasteiger partial charge on any atom is -0.507 e. The lowest BCUT2D eigenvalue weighted by Crippen LogP contribution is -2.06. The normalized spacial score (nSPS) is 10.1. The zero-order valence-electron chi connectivity index (χ0n) is 8.82. The highest BCUT2D eigenvalue weighted by Gasteiger charge is 2.33. The van der Waals surface area contributed by atoms with E-state index in [9.17, 15) is 18.0 Å². The molecule has 90 valence electrons. The monoisotopic (exact) mass is 235 g/mol. The van der Waals surface area contributed by atoms with Gasteiger partial charge >= 0.3 is 6.18 Å². The molecule has 0 aliphatic heterocycles. The van der Waals surface area contributed by atoms with Crippen LogP contribution in [0, 0.1) is 0 Å². The first kappa shape index (κ1) is 14.3. The summed E-state index contributed by atoms with van der Waals surface area (Å²) >= 11 is 0. The number of nitrogens with zero attached hydrogens (tertiary/aromatic N) is 1. The molecule has 6 heteroatoms. The minimum absolute atomic E-state index is 0.736. The Hall–Kier alpha value is -1.72. The third kappa shape index (κ3) is 5.23. The molecule has 0 spiro atoms. The largest absolute Gasteiger partial charge is 0.507 e. The van der Waals surface area contributed by atoms with Gasteiger partial charge in [0.1, 0.15) is 5.75 Å². The Balaban J connectivity index is 0.000000385. The predicted octanol–water partition coefficient (Wildman–Crippen LogP) is 2.12. The van der Waals surface area contributed by atoms with Gasteiger partial charge in [-0.25, -0.2) is 0 Å². The Morgan fingerprint density at radius 1 is 1.25 bits per heavy atom. The van der Waals surface area contributed by atoms with Crippen molar-refractivity contribution < 1.29 is 23.1 Å². The second-order valence-electron chi connectivity index (χ2n) is 3.08. The summed E-state index contributed by atoms with van der Waals surface area (Å²) in [6.45, 7) is 0. The number of benzene rings is 1. The molecule has 1 N–H and O–H groups in total. The van der Waals surface area contributed by atoms with Gasteiger partial charge in [-0.2, -0.15) is 13.2 Å². The van der Waals surface area contributed by atoms with Crippen LogP contribution in [0.2, 0.25) is 0 Å². The van der Waals surface area contributed by atoms with Crippen molar-refractivity contribution >= 4 is 6.41 Å². The average molecular weight is 235 g/mol. The Morgan fingerprint density at radius 3 is 1.94 bits per heavy atom. The van der Waals surface area contributed by atoms with Crippen molar-refractivity contribution in [3.63, 3.8) is 0 Å². The third-order valence-electron chi connectivity index (χ3n) is 1.42. The first-order valence-corrected chi connectivity index (χ1v) is 4.26. The maximum Gasteiger partial charge on any atom is 0.419 e. The van der Waals surface area contributed by atoms with Crippen LogP contribution in [-0.4, -0.2) is 30.5 Å². The average Bonchev–Trinajstić information content (AvgIpc) is 2.17. The summed E-state index contributed by atoms with van der Waals surface area (Å²) in [6, 6.07) is 4.39. The van der Waals surface area contributed by atoms with Crippen molar-refractivity contribution in [1.82, 2.24) is 4.90 Å². The van der Waals surface area contributed by atoms with Gasteiger partial charge in [0, 0.05) is 14.1 Å². The lowest BCUT2D eigenvalue weighted by molar-refractivity contribution is -0.138. The van der Waals surface area contributed by atoms with Gasteiger partial charge < -0.3 is 10.0 Å². The van der Waals surface area contributed by atoms with Gasteiger partial charge in [0.25, 0.3) is 0 Å². The number of halogens is 3. The van der Waals surface area contributed by atoms with Crippen LogP contribution in [0.25, 0.3) is 0 Å². The molecule has 0 fully saturated rings. The van der Waals surface area contributed by atoms with Crippen LogP contribution in [0.15, 0.2) is 24.3 Å². The van der Waals surface area contributed by atoms with E-state index in [1.54, 1.807) is 14.1 Å². The number of alkyl halides is 3. The lowest BCUT2D eigenvalue weighted by Gasteiger charge is -2.06. The van der Waals surface area contributed by atoms with Gasteiger partial charge in [0.05, 0.1) is 5.56 Å². The van der Waals surface area contributed by atoms with Gasteiger partial charge in [-0.3, -0.25) is 4.79 Å². The Kier molecular flexibility index (Phi) is 5.35. The summed E-state index contributed by atoms with van der Waals surface area (Å²) in [5.41, 5.74) is -1.000. The fourth-order valence-electron chi connectivity index (χ4n) is 0.713. The van der Waals surface area contributed by atoms with Crippen LogP contribution in [-0.2, 0) is 11.0 Å². The smallest absolute Gasteiger partial charge is 0.419 e. The molecule has 1 aromatic rings. The second kappa shape index (κ2) is 5.99. The molecule has 3 nitrogen and oxygen atoms in total. The first-order chi connectivity index (χ1) is 7.29. The third-order valence-corrected chi connectivity index (χ3v) is 1.42. The van der Waals surface area contributed by atoms with Crippen molar-refractivity contribution in [3.8, 4) is 5.75 Å². The number of hydrogen-bond donors (Lipinski definition) is 1. The number of para-hydroxylation sites is 1. The van der Waals surface area contributed by atoms with Crippen LogP contribution in [0.5, 0.6) is 5.75 Å². The fraction of sp³-hybridized carbons (Fsp3) is 0.300. The van der Waals surface area contributed by atoms with Gasteiger partial charge in [0.2, 0.25) is 6.41 Å². The maximum absolute atomic E-state index is 11.9.